The molecular weight excluding hydrogens is 258 g/mol. The van der Waals surface area contributed by atoms with E-state index >= 15 is 0 Å². The number of likely N-dealkylation sites (tertiary alicyclic amines) is 1. The van der Waals surface area contributed by atoms with E-state index in [1.165, 1.54) is 43.4 Å². The van der Waals surface area contributed by atoms with E-state index in [9.17, 15) is 5.11 Å². The van der Waals surface area contributed by atoms with Crippen molar-refractivity contribution in [1.82, 2.24) is 4.90 Å². The Hall–Kier alpha value is -0.860. The normalized spacial score (nSPS) is 20.1. The Kier molecular flexibility index (Phi) is 5.83. The minimum absolute atomic E-state index is 0.568. The van der Waals surface area contributed by atoms with Crippen LogP contribution in [-0.2, 0) is 13.0 Å². The first kappa shape index (κ1) is 16.5. The Labute approximate surface area is 130 Å². The molecule has 21 heavy (non-hydrogen) atoms. The molecule has 1 saturated heterocycles. The van der Waals surface area contributed by atoms with E-state index in [0.29, 0.717) is 0 Å². The number of benzene rings is 1. The van der Waals surface area contributed by atoms with Gasteiger partial charge in [0.05, 0.1) is 5.60 Å². The molecule has 0 aliphatic carbocycles. The van der Waals surface area contributed by atoms with Crippen LogP contribution in [0.1, 0.15) is 64.0 Å². The third-order valence-corrected chi connectivity index (χ3v) is 4.56. The minimum atomic E-state index is -0.568. The third-order valence-electron chi connectivity index (χ3n) is 4.56. The zero-order valence-corrected chi connectivity index (χ0v) is 13.9. The van der Waals surface area contributed by atoms with Gasteiger partial charge in [0, 0.05) is 12.6 Å². The molecule has 0 bridgehead atoms. The molecule has 1 aromatic rings. The van der Waals surface area contributed by atoms with Gasteiger partial charge in [0.2, 0.25) is 0 Å². The molecule has 0 radical (unpaired) electrons. The molecule has 1 fully saturated rings. The van der Waals surface area contributed by atoms with Gasteiger partial charge in [-0.05, 0) is 63.6 Å². The summed E-state index contributed by atoms with van der Waals surface area (Å²) >= 11 is 0. The van der Waals surface area contributed by atoms with Crippen LogP contribution in [0.5, 0.6) is 0 Å². The largest absolute Gasteiger partial charge is 0.390 e. The van der Waals surface area contributed by atoms with Crippen LogP contribution >= 0.6 is 0 Å². The van der Waals surface area contributed by atoms with E-state index in [1.807, 2.05) is 13.8 Å². The smallest absolute Gasteiger partial charge is 0.0594 e. The predicted octanol–water partition coefficient (Wildman–Crippen LogP) is 4.15. The van der Waals surface area contributed by atoms with Crippen molar-refractivity contribution < 1.29 is 5.11 Å². The summed E-state index contributed by atoms with van der Waals surface area (Å²) in [5.41, 5.74) is 2.18. The average Bonchev–Trinajstić information content (AvgIpc) is 2.85. The van der Waals surface area contributed by atoms with Crippen molar-refractivity contribution in [2.24, 2.45) is 0 Å². The lowest BCUT2D eigenvalue weighted by atomic mass is 9.98. The molecule has 0 aromatic heterocycles. The van der Waals surface area contributed by atoms with Gasteiger partial charge < -0.3 is 5.11 Å². The molecule has 2 rings (SSSR count). The Morgan fingerprint density at radius 3 is 2.48 bits per heavy atom. The third kappa shape index (κ3) is 5.44. The van der Waals surface area contributed by atoms with Gasteiger partial charge in [0.25, 0.3) is 0 Å². The quantitative estimate of drug-likeness (QED) is 0.815. The second-order valence-electron chi connectivity index (χ2n) is 7.18. The van der Waals surface area contributed by atoms with Gasteiger partial charge in [0.15, 0.2) is 0 Å². The fraction of sp³-hybridized carbons (Fsp3) is 0.684. The Balaban J connectivity index is 1.87. The van der Waals surface area contributed by atoms with Crippen LogP contribution in [0.15, 0.2) is 24.3 Å². The standard InChI is InChI=1S/C19H31NO/c1-4-6-18-7-5-14-20(18)15-17-10-8-16(9-11-17)12-13-19(2,3)21/h8-11,18,21H,4-7,12-15H2,1-3H3/t18-/m0/s1. The molecule has 0 saturated carbocycles. The van der Waals surface area contributed by atoms with Crippen LogP contribution in [0.4, 0.5) is 0 Å². The van der Waals surface area contributed by atoms with Crippen molar-refractivity contribution in [3.63, 3.8) is 0 Å². The molecular formula is C19H31NO. The van der Waals surface area contributed by atoms with Gasteiger partial charge in [-0.2, -0.15) is 0 Å². The van der Waals surface area contributed by atoms with Crippen molar-refractivity contribution in [2.45, 2.75) is 77.5 Å². The van der Waals surface area contributed by atoms with Crippen LogP contribution in [0, 0.1) is 0 Å². The SMILES string of the molecule is CCC[C@H]1CCCN1Cc1ccc(CCC(C)(C)O)cc1. The second-order valence-corrected chi connectivity index (χ2v) is 7.18. The van der Waals surface area contributed by atoms with Crippen molar-refractivity contribution in [3.05, 3.63) is 35.4 Å². The van der Waals surface area contributed by atoms with Crippen molar-refractivity contribution in [3.8, 4) is 0 Å². The first-order valence-corrected chi connectivity index (χ1v) is 8.52. The topological polar surface area (TPSA) is 23.5 Å². The Morgan fingerprint density at radius 2 is 1.86 bits per heavy atom. The molecule has 1 N–H and O–H groups in total. The summed E-state index contributed by atoms with van der Waals surface area (Å²) in [4.78, 5) is 2.65. The average molecular weight is 289 g/mol. The number of nitrogens with zero attached hydrogens (tertiary/aromatic N) is 1. The molecule has 2 nitrogen and oxygen atoms in total. The molecule has 118 valence electrons. The summed E-state index contributed by atoms with van der Waals surface area (Å²) in [6.45, 7) is 8.39. The van der Waals surface area contributed by atoms with Crippen LogP contribution in [0.2, 0.25) is 0 Å². The fourth-order valence-corrected chi connectivity index (χ4v) is 3.26. The lowest BCUT2D eigenvalue weighted by Gasteiger charge is -2.24. The summed E-state index contributed by atoms with van der Waals surface area (Å²) in [6.07, 6.45) is 7.12. The van der Waals surface area contributed by atoms with Crippen LogP contribution in [0.25, 0.3) is 0 Å². The second kappa shape index (κ2) is 7.42. The van der Waals surface area contributed by atoms with E-state index < -0.39 is 5.60 Å². The number of aliphatic hydroxyl groups is 1. The van der Waals surface area contributed by atoms with Gasteiger partial charge in [-0.1, -0.05) is 37.6 Å². The van der Waals surface area contributed by atoms with Gasteiger partial charge in [-0.15, -0.1) is 0 Å². The maximum Gasteiger partial charge on any atom is 0.0594 e. The van der Waals surface area contributed by atoms with Gasteiger partial charge in [-0.25, -0.2) is 0 Å². The summed E-state index contributed by atoms with van der Waals surface area (Å²) in [5, 5.41) is 9.80. The Bertz CT molecular complexity index is 418. The van der Waals surface area contributed by atoms with Crippen LogP contribution in [0.3, 0.4) is 0 Å². The zero-order valence-electron chi connectivity index (χ0n) is 13.9. The number of rotatable bonds is 7. The first-order chi connectivity index (χ1) is 9.98. The minimum Gasteiger partial charge on any atom is -0.390 e. The van der Waals surface area contributed by atoms with Gasteiger partial charge in [0.1, 0.15) is 0 Å². The van der Waals surface area contributed by atoms with E-state index in [2.05, 4.69) is 36.1 Å². The molecule has 1 aliphatic heterocycles. The highest BCUT2D eigenvalue weighted by molar-refractivity contribution is 5.23. The fourth-order valence-electron chi connectivity index (χ4n) is 3.26. The lowest BCUT2D eigenvalue weighted by Crippen LogP contribution is -2.28. The highest BCUT2D eigenvalue weighted by atomic mass is 16.3. The summed E-state index contributed by atoms with van der Waals surface area (Å²) in [7, 11) is 0. The number of aryl methyl sites for hydroxylation is 1. The van der Waals surface area contributed by atoms with Crippen LogP contribution < -0.4 is 0 Å². The lowest BCUT2D eigenvalue weighted by molar-refractivity contribution is 0.0714. The summed E-state index contributed by atoms with van der Waals surface area (Å²) in [5.74, 6) is 0. The van der Waals surface area contributed by atoms with E-state index in [4.69, 9.17) is 0 Å². The number of hydrogen-bond donors (Lipinski definition) is 1. The number of hydrogen-bond acceptors (Lipinski definition) is 2. The highest BCUT2D eigenvalue weighted by Crippen LogP contribution is 2.23. The maximum absolute atomic E-state index is 9.80. The van der Waals surface area contributed by atoms with Crippen molar-refractivity contribution >= 4 is 0 Å². The van der Waals surface area contributed by atoms with E-state index in [1.54, 1.807) is 0 Å². The molecule has 0 spiro atoms. The molecule has 1 aromatic carbocycles. The highest BCUT2D eigenvalue weighted by Gasteiger charge is 2.23. The molecule has 1 atom stereocenters. The van der Waals surface area contributed by atoms with Crippen molar-refractivity contribution in [1.29, 1.82) is 0 Å². The summed E-state index contributed by atoms with van der Waals surface area (Å²) in [6, 6.07) is 9.78. The molecule has 1 aliphatic rings. The zero-order chi connectivity index (χ0) is 15.3. The molecule has 0 unspecified atom stereocenters. The van der Waals surface area contributed by atoms with Crippen LogP contribution in [-0.4, -0.2) is 28.2 Å². The molecule has 2 heteroatoms. The van der Waals surface area contributed by atoms with Gasteiger partial charge >= 0.3 is 0 Å². The first-order valence-electron chi connectivity index (χ1n) is 8.52. The maximum atomic E-state index is 9.80. The van der Waals surface area contributed by atoms with Gasteiger partial charge in [-0.3, -0.25) is 4.90 Å². The Morgan fingerprint density at radius 1 is 1.19 bits per heavy atom. The molecule has 0 amide bonds. The van der Waals surface area contributed by atoms with E-state index in [0.717, 1.165) is 25.4 Å². The monoisotopic (exact) mass is 289 g/mol. The predicted molar refractivity (Wildman–Crippen MR) is 89.4 cm³/mol. The molecule has 1 heterocycles. The van der Waals surface area contributed by atoms with Crippen molar-refractivity contribution in [2.75, 3.05) is 6.54 Å². The summed E-state index contributed by atoms with van der Waals surface area (Å²) < 4.78 is 0. The van der Waals surface area contributed by atoms with E-state index in [-0.39, 0.29) is 0 Å².